The molecule has 2 aromatic heterocycles. The molecule has 1 aliphatic carbocycles. The lowest BCUT2D eigenvalue weighted by molar-refractivity contribution is -0.147. The second kappa shape index (κ2) is 16.4. The van der Waals surface area contributed by atoms with Gasteiger partial charge in [0.25, 0.3) is 0 Å². The summed E-state index contributed by atoms with van der Waals surface area (Å²) >= 11 is 6.16. The summed E-state index contributed by atoms with van der Waals surface area (Å²) < 4.78 is 18.1. The number of piperazine rings is 1. The highest BCUT2D eigenvalue weighted by atomic mass is 35.5. The maximum absolute atomic E-state index is 12.4. The zero-order valence-corrected chi connectivity index (χ0v) is 34.4. The van der Waals surface area contributed by atoms with Gasteiger partial charge in [-0.3, -0.25) is 14.6 Å². The Labute approximate surface area is 336 Å². The number of nitrogens with zero attached hydrogens (tertiary/aromatic N) is 7. The monoisotopic (exact) mass is 793 g/mol. The number of anilines is 3. The van der Waals surface area contributed by atoms with Gasteiger partial charge < -0.3 is 34.6 Å². The maximum Gasteiger partial charge on any atom is 0.316 e. The number of nitrogens with one attached hydrogen (secondary N) is 1. The SMILES string of the molecule is COC(=O)C(C1=CC(N2CCC(C(C)(C)N3CCC(OC4CC(Oc5cc(N6C7CCC6CN(c6cc(Cl)nnc6N)C7)ccn5)C4)CC3)CC2)NO1)C(C)C. The van der Waals surface area contributed by atoms with Crippen molar-refractivity contribution >= 4 is 34.8 Å². The van der Waals surface area contributed by atoms with Crippen molar-refractivity contribution in [1.82, 2.24) is 30.5 Å². The van der Waals surface area contributed by atoms with Crippen molar-refractivity contribution < 1.29 is 23.8 Å². The molecule has 4 unspecified atom stereocenters. The van der Waals surface area contributed by atoms with Gasteiger partial charge in [-0.15, -0.1) is 15.7 Å². The topological polar surface area (TPSA) is 144 Å². The molecule has 56 heavy (non-hydrogen) atoms. The molecule has 0 aromatic carbocycles. The lowest BCUT2D eigenvalue weighted by atomic mass is 9.78. The summed E-state index contributed by atoms with van der Waals surface area (Å²) in [5.41, 5.74) is 11.5. The third-order valence-corrected chi connectivity index (χ3v) is 13.7. The van der Waals surface area contributed by atoms with Crippen LogP contribution in [0.5, 0.6) is 5.88 Å². The van der Waals surface area contributed by atoms with E-state index in [0.717, 1.165) is 102 Å². The van der Waals surface area contributed by atoms with E-state index in [1.807, 2.05) is 26.1 Å². The quantitative estimate of drug-likeness (QED) is 0.277. The summed E-state index contributed by atoms with van der Waals surface area (Å²) in [5, 5.41) is 8.28. The van der Waals surface area contributed by atoms with Crippen molar-refractivity contribution in [2.75, 3.05) is 61.9 Å². The summed E-state index contributed by atoms with van der Waals surface area (Å²) in [7, 11) is 1.44. The van der Waals surface area contributed by atoms with E-state index in [1.165, 1.54) is 7.11 Å². The third-order valence-electron chi connectivity index (χ3n) is 13.6. The minimum Gasteiger partial charge on any atom is -0.474 e. The molecule has 4 saturated heterocycles. The van der Waals surface area contributed by atoms with Crippen LogP contribution in [-0.4, -0.2) is 119 Å². The molecule has 2 bridgehead atoms. The first kappa shape index (κ1) is 39.4. The molecule has 0 radical (unpaired) electrons. The first-order valence-corrected chi connectivity index (χ1v) is 21.2. The van der Waals surface area contributed by atoms with Crippen molar-refractivity contribution in [3.8, 4) is 5.88 Å². The Morgan fingerprint density at radius 3 is 2.38 bits per heavy atom. The number of hydrogen-bond acceptors (Lipinski definition) is 14. The van der Waals surface area contributed by atoms with E-state index in [2.05, 4.69) is 72.3 Å². The lowest BCUT2D eigenvalue weighted by Gasteiger charge is -2.50. The number of ether oxygens (including phenoxy) is 3. The second-order valence-corrected chi connectivity index (χ2v) is 18.0. The molecule has 7 heterocycles. The minimum atomic E-state index is -0.394. The van der Waals surface area contributed by atoms with Crippen molar-refractivity contribution in [3.05, 3.63) is 41.4 Å². The number of likely N-dealkylation sites (tertiary alicyclic amines) is 2. The molecule has 5 aliphatic heterocycles. The van der Waals surface area contributed by atoms with Gasteiger partial charge in [-0.25, -0.2) is 4.98 Å². The van der Waals surface area contributed by atoms with Gasteiger partial charge in [0.05, 0.1) is 25.0 Å². The van der Waals surface area contributed by atoms with E-state index < -0.39 is 5.92 Å². The Hall–Kier alpha value is -3.43. The third kappa shape index (κ3) is 8.14. The number of nitrogen functional groups attached to an aromatic ring is 1. The van der Waals surface area contributed by atoms with Crippen LogP contribution >= 0.6 is 11.6 Å². The van der Waals surface area contributed by atoms with Crippen LogP contribution in [0.1, 0.15) is 79.1 Å². The van der Waals surface area contributed by atoms with Gasteiger partial charge in [-0.1, -0.05) is 25.4 Å². The zero-order valence-electron chi connectivity index (χ0n) is 33.6. The van der Waals surface area contributed by atoms with Gasteiger partial charge in [-0.05, 0) is 76.4 Å². The Kier molecular flexibility index (Phi) is 11.6. The molecule has 15 heteroatoms. The Morgan fingerprint density at radius 2 is 1.70 bits per heavy atom. The van der Waals surface area contributed by atoms with E-state index in [4.69, 9.17) is 36.4 Å². The van der Waals surface area contributed by atoms with Crippen molar-refractivity contribution in [2.45, 2.75) is 121 Å². The van der Waals surface area contributed by atoms with Gasteiger partial charge in [0.15, 0.2) is 11.0 Å². The predicted molar refractivity (Wildman–Crippen MR) is 215 cm³/mol. The van der Waals surface area contributed by atoms with Gasteiger partial charge in [-0.2, -0.15) is 0 Å². The van der Waals surface area contributed by atoms with Gasteiger partial charge in [0.2, 0.25) is 5.88 Å². The molecular weight excluding hydrogens is 734 g/mol. The Morgan fingerprint density at radius 1 is 0.982 bits per heavy atom. The lowest BCUT2D eigenvalue weighted by Crippen LogP contribution is -2.57. The zero-order chi connectivity index (χ0) is 39.1. The number of carbonyl (C=O) groups excluding carboxylic acids is 1. The summed E-state index contributed by atoms with van der Waals surface area (Å²) in [6.45, 7) is 14.7. The molecule has 1 saturated carbocycles. The maximum atomic E-state index is 12.4. The standard InChI is InChI=1S/C41H60ClN9O5/c1-25(2)38(40(52)53-5)34-22-36(47-56-34)48-14-9-26(10-15-48)41(3,4)50-16-11-30(12-17-50)54-31-19-32(20-31)55-37-18-27(8-13-44-37)51-28-6-7-29(51)24-49(23-28)33-21-35(42)45-46-39(33)43/h8,13,18,21-22,25-26,28-32,36,38,47H,6-7,9-12,14-17,19-20,23-24H2,1-5H3,(H2,43,46). The number of nitrogens with two attached hydrogens (primary N) is 1. The van der Waals surface area contributed by atoms with Crippen LogP contribution in [0.2, 0.25) is 5.15 Å². The first-order chi connectivity index (χ1) is 27.0. The van der Waals surface area contributed by atoms with Crippen LogP contribution in [0.25, 0.3) is 0 Å². The van der Waals surface area contributed by atoms with E-state index in [0.29, 0.717) is 46.7 Å². The highest BCUT2D eigenvalue weighted by molar-refractivity contribution is 6.29. The number of methoxy groups -OCH3 is 1. The highest BCUT2D eigenvalue weighted by Crippen LogP contribution is 2.40. The van der Waals surface area contributed by atoms with Gasteiger partial charge in [0, 0.05) is 93.7 Å². The summed E-state index contributed by atoms with van der Waals surface area (Å²) in [6.07, 6.45) is 13.0. The number of esters is 1. The molecule has 3 N–H and O–H groups in total. The van der Waals surface area contributed by atoms with Crippen molar-refractivity contribution in [3.63, 3.8) is 0 Å². The number of pyridine rings is 1. The number of hydrogen-bond donors (Lipinski definition) is 2. The molecule has 0 amide bonds. The largest absolute Gasteiger partial charge is 0.474 e. The van der Waals surface area contributed by atoms with Gasteiger partial charge >= 0.3 is 5.97 Å². The highest BCUT2D eigenvalue weighted by Gasteiger charge is 2.44. The molecular formula is C41H60ClN9O5. The number of rotatable bonds is 12. The molecule has 5 fully saturated rings. The van der Waals surface area contributed by atoms with Crippen molar-refractivity contribution in [1.29, 1.82) is 0 Å². The average molecular weight is 794 g/mol. The molecule has 8 rings (SSSR count). The van der Waals surface area contributed by atoms with E-state index in [9.17, 15) is 4.79 Å². The molecule has 14 nitrogen and oxygen atoms in total. The fourth-order valence-electron chi connectivity index (χ4n) is 10.2. The molecule has 6 aliphatic rings. The second-order valence-electron chi connectivity index (χ2n) is 17.6. The molecule has 0 spiro atoms. The number of aromatic nitrogens is 3. The predicted octanol–water partition coefficient (Wildman–Crippen LogP) is 5.04. The van der Waals surface area contributed by atoms with E-state index in [1.54, 1.807) is 0 Å². The summed E-state index contributed by atoms with van der Waals surface area (Å²) in [4.78, 5) is 32.8. The van der Waals surface area contributed by atoms with Crippen LogP contribution < -0.4 is 25.8 Å². The van der Waals surface area contributed by atoms with Crippen LogP contribution in [0, 0.1) is 17.8 Å². The first-order valence-electron chi connectivity index (χ1n) is 20.8. The summed E-state index contributed by atoms with van der Waals surface area (Å²) in [6, 6.07) is 6.76. The van der Waals surface area contributed by atoms with Crippen LogP contribution in [0.3, 0.4) is 0 Å². The Bertz CT molecular complexity index is 1710. The van der Waals surface area contributed by atoms with Crippen LogP contribution in [-0.2, 0) is 19.1 Å². The van der Waals surface area contributed by atoms with Crippen molar-refractivity contribution in [2.24, 2.45) is 17.8 Å². The fourth-order valence-corrected chi connectivity index (χ4v) is 10.3. The smallest absolute Gasteiger partial charge is 0.316 e. The number of piperidine rings is 2. The minimum absolute atomic E-state index is 0.0217. The van der Waals surface area contributed by atoms with Crippen LogP contribution in [0.4, 0.5) is 17.2 Å². The van der Waals surface area contributed by atoms with Gasteiger partial charge in [0.1, 0.15) is 23.9 Å². The average Bonchev–Trinajstić information content (AvgIpc) is 3.76. The molecule has 4 atom stereocenters. The Balaban J connectivity index is 0.760. The number of halogens is 1. The fraction of sp³-hybridized carbons (Fsp3) is 0.707. The molecule has 2 aromatic rings. The summed E-state index contributed by atoms with van der Waals surface area (Å²) in [5.74, 6) is 1.84. The van der Waals surface area contributed by atoms with Crippen LogP contribution in [0.15, 0.2) is 36.2 Å². The number of carbonyl (C=O) groups is 1. The number of hydroxylamine groups is 1. The number of fused-ring (bicyclic) bond motifs is 2. The normalized spacial score (nSPS) is 28.6. The van der Waals surface area contributed by atoms with E-state index >= 15 is 0 Å². The van der Waals surface area contributed by atoms with E-state index in [-0.39, 0.29) is 35.8 Å². The molecule has 306 valence electrons.